The van der Waals surface area contributed by atoms with Crippen LogP contribution >= 0.6 is 11.8 Å². The molecule has 0 spiro atoms. The number of ether oxygens (including phenoxy) is 1. The van der Waals surface area contributed by atoms with Crippen LogP contribution in [0.3, 0.4) is 0 Å². The zero-order chi connectivity index (χ0) is 15.6. The lowest BCUT2D eigenvalue weighted by atomic mass is 9.99. The zero-order valence-corrected chi connectivity index (χ0v) is 13.4. The average Bonchev–Trinajstić information content (AvgIpc) is 2.76. The number of hydrogen-bond acceptors (Lipinski definition) is 6. The van der Waals surface area contributed by atoms with Crippen molar-refractivity contribution < 1.29 is 9.66 Å². The molecule has 0 aromatic rings. The van der Waals surface area contributed by atoms with Gasteiger partial charge < -0.3 is 9.64 Å². The van der Waals surface area contributed by atoms with Gasteiger partial charge in [-0.05, 0) is 20.1 Å². The van der Waals surface area contributed by atoms with Crippen LogP contribution in [-0.4, -0.2) is 34.1 Å². The van der Waals surface area contributed by atoms with Gasteiger partial charge in [0.25, 0.3) is 6.20 Å². The van der Waals surface area contributed by atoms with Gasteiger partial charge in [-0.3, -0.25) is 10.1 Å². The smallest absolute Gasteiger partial charge is 0.264 e. The summed E-state index contributed by atoms with van der Waals surface area (Å²) in [6.45, 7) is 6.63. The quantitative estimate of drug-likeness (QED) is 0.590. The number of allylic oxidation sites excluding steroid dienone is 1. The molecule has 0 saturated heterocycles. The molecule has 0 saturated carbocycles. The van der Waals surface area contributed by atoms with Gasteiger partial charge in [0.2, 0.25) is 5.90 Å². The number of aliphatic imine (C=N–C) groups is 1. The average molecular weight is 309 g/mol. The minimum atomic E-state index is -0.447. The molecular weight excluding hydrogens is 290 g/mol. The Kier molecular flexibility index (Phi) is 4.41. The minimum absolute atomic E-state index is 0.160. The fourth-order valence-electron chi connectivity index (χ4n) is 2.07. The summed E-state index contributed by atoms with van der Waals surface area (Å²) in [7, 11) is 0. The van der Waals surface area contributed by atoms with E-state index in [2.05, 4.69) is 4.99 Å². The number of hydrogen-bond donors (Lipinski definition) is 0. The van der Waals surface area contributed by atoms with Crippen molar-refractivity contribution in [1.29, 1.82) is 0 Å². The predicted octanol–water partition coefficient (Wildman–Crippen LogP) is 2.98. The number of nitrogens with zero attached hydrogens (tertiary/aromatic N) is 3. The second kappa shape index (κ2) is 5.93. The zero-order valence-electron chi connectivity index (χ0n) is 12.6. The van der Waals surface area contributed by atoms with Crippen molar-refractivity contribution in [1.82, 2.24) is 4.90 Å². The van der Waals surface area contributed by atoms with Gasteiger partial charge in [0, 0.05) is 23.9 Å². The van der Waals surface area contributed by atoms with Crippen LogP contribution in [0.5, 0.6) is 0 Å². The monoisotopic (exact) mass is 309 g/mol. The first-order valence-electron chi connectivity index (χ1n) is 6.63. The van der Waals surface area contributed by atoms with Crippen LogP contribution in [0.4, 0.5) is 0 Å². The Balaban J connectivity index is 2.31. The van der Waals surface area contributed by atoms with Crippen LogP contribution in [0.1, 0.15) is 20.8 Å². The fraction of sp³-hybridized carbons (Fsp3) is 0.500. The molecule has 2 aliphatic rings. The molecule has 2 heterocycles. The molecule has 21 heavy (non-hydrogen) atoms. The lowest BCUT2D eigenvalue weighted by Crippen LogP contribution is -2.20. The Bertz CT molecular complexity index is 564. The van der Waals surface area contributed by atoms with Gasteiger partial charge in [0.15, 0.2) is 0 Å². The highest BCUT2D eigenvalue weighted by atomic mass is 32.2. The van der Waals surface area contributed by atoms with Gasteiger partial charge in [-0.15, -0.1) is 11.8 Å². The lowest BCUT2D eigenvalue weighted by molar-refractivity contribution is -0.403. The molecule has 0 N–H and O–H groups in total. The summed E-state index contributed by atoms with van der Waals surface area (Å²) < 4.78 is 5.68. The molecule has 0 aromatic carbocycles. The van der Waals surface area contributed by atoms with Crippen LogP contribution in [-0.2, 0) is 4.74 Å². The van der Waals surface area contributed by atoms with Crippen LogP contribution < -0.4 is 0 Å². The van der Waals surface area contributed by atoms with E-state index in [0.29, 0.717) is 17.5 Å². The Labute approximate surface area is 128 Å². The maximum absolute atomic E-state index is 10.7. The topological polar surface area (TPSA) is 68.0 Å². The molecule has 0 bridgehead atoms. The highest BCUT2D eigenvalue weighted by Gasteiger charge is 2.31. The highest BCUT2D eigenvalue weighted by Crippen LogP contribution is 2.30. The number of thioether (sulfide) groups is 1. The Hall–Kier alpha value is -1.76. The van der Waals surface area contributed by atoms with E-state index in [-0.39, 0.29) is 11.5 Å². The lowest BCUT2D eigenvalue weighted by Gasteiger charge is -2.24. The molecule has 0 amide bonds. The first-order chi connectivity index (χ1) is 9.82. The highest BCUT2D eigenvalue weighted by molar-refractivity contribution is 8.02. The van der Waals surface area contributed by atoms with E-state index in [9.17, 15) is 10.1 Å². The summed E-state index contributed by atoms with van der Waals surface area (Å²) in [5.74, 6) is 0.788. The molecule has 0 radical (unpaired) electrons. The van der Waals surface area contributed by atoms with E-state index in [1.165, 1.54) is 11.8 Å². The van der Waals surface area contributed by atoms with Crippen LogP contribution in [0.15, 0.2) is 40.3 Å². The predicted molar refractivity (Wildman–Crippen MR) is 84.3 cm³/mol. The molecule has 1 atom stereocenters. The first-order valence-corrected chi connectivity index (χ1v) is 7.85. The molecule has 2 aliphatic heterocycles. The van der Waals surface area contributed by atoms with E-state index >= 15 is 0 Å². The molecule has 0 aromatic heterocycles. The molecular formula is C14H19N3O3S. The summed E-state index contributed by atoms with van der Waals surface area (Å²) in [6, 6.07) is 0. The maximum Gasteiger partial charge on any atom is 0.264 e. The van der Waals surface area contributed by atoms with E-state index in [1.807, 2.05) is 39.2 Å². The molecule has 2 rings (SSSR count). The number of rotatable bonds is 4. The van der Waals surface area contributed by atoms with Crippen LogP contribution in [0.25, 0.3) is 0 Å². The summed E-state index contributed by atoms with van der Waals surface area (Å²) in [4.78, 5) is 16.6. The summed E-state index contributed by atoms with van der Waals surface area (Å²) in [5, 5.41) is 11.2. The third-order valence-corrected chi connectivity index (χ3v) is 3.93. The van der Waals surface area contributed by atoms with Crippen molar-refractivity contribution in [3.63, 3.8) is 0 Å². The molecule has 7 heteroatoms. The van der Waals surface area contributed by atoms with Crippen molar-refractivity contribution in [2.24, 2.45) is 10.9 Å². The minimum Gasteiger partial charge on any atom is -0.475 e. The SMILES string of the molecule is CS/C(=C\[N+](=O)[O-])N1C=CC(C)C(C2=NC(C)(C)CO2)=C1. The second-order valence-corrected chi connectivity index (χ2v) is 6.42. The summed E-state index contributed by atoms with van der Waals surface area (Å²) in [5.41, 5.74) is 0.715. The van der Waals surface area contributed by atoms with Crippen molar-refractivity contribution in [2.75, 3.05) is 12.9 Å². The normalized spacial score (nSPS) is 24.5. The van der Waals surface area contributed by atoms with Crippen LogP contribution in [0, 0.1) is 16.0 Å². The van der Waals surface area contributed by atoms with E-state index in [0.717, 1.165) is 11.8 Å². The van der Waals surface area contributed by atoms with Crippen molar-refractivity contribution in [3.05, 3.63) is 45.4 Å². The van der Waals surface area contributed by atoms with Crippen molar-refractivity contribution in [3.8, 4) is 0 Å². The molecule has 114 valence electrons. The molecule has 1 unspecified atom stereocenters. The van der Waals surface area contributed by atoms with Gasteiger partial charge in [0.05, 0.1) is 10.5 Å². The first kappa shape index (κ1) is 15.6. The summed E-state index contributed by atoms with van der Waals surface area (Å²) in [6.07, 6.45) is 8.48. The molecule has 0 aliphatic carbocycles. The Morgan fingerprint density at radius 2 is 2.38 bits per heavy atom. The third-order valence-electron chi connectivity index (χ3n) is 3.20. The largest absolute Gasteiger partial charge is 0.475 e. The van der Waals surface area contributed by atoms with Gasteiger partial charge >= 0.3 is 0 Å². The van der Waals surface area contributed by atoms with Gasteiger partial charge in [-0.1, -0.05) is 13.0 Å². The number of nitro groups is 1. The Morgan fingerprint density at radius 1 is 1.67 bits per heavy atom. The summed E-state index contributed by atoms with van der Waals surface area (Å²) >= 11 is 1.32. The van der Waals surface area contributed by atoms with Gasteiger partial charge in [-0.2, -0.15) is 0 Å². The van der Waals surface area contributed by atoms with Crippen molar-refractivity contribution in [2.45, 2.75) is 26.3 Å². The maximum atomic E-state index is 10.7. The van der Waals surface area contributed by atoms with E-state index in [4.69, 9.17) is 4.74 Å². The third kappa shape index (κ3) is 3.66. The van der Waals surface area contributed by atoms with Crippen LogP contribution in [0.2, 0.25) is 0 Å². The molecule has 6 nitrogen and oxygen atoms in total. The van der Waals surface area contributed by atoms with E-state index < -0.39 is 4.92 Å². The fourth-order valence-corrected chi connectivity index (χ4v) is 2.59. The van der Waals surface area contributed by atoms with Gasteiger partial charge in [-0.25, -0.2) is 4.99 Å². The Morgan fingerprint density at radius 3 is 2.90 bits per heavy atom. The molecule has 0 fully saturated rings. The van der Waals surface area contributed by atoms with Crippen molar-refractivity contribution >= 4 is 17.7 Å². The van der Waals surface area contributed by atoms with Gasteiger partial charge in [0.1, 0.15) is 11.6 Å². The second-order valence-electron chi connectivity index (χ2n) is 5.60. The standard InChI is InChI=1S/C14H19N3O3S/c1-10-5-6-16(12(21-4)8-17(18)19)7-11(10)13-15-14(2,3)9-20-13/h5-8,10H,9H2,1-4H3/b12-8-. The van der Waals surface area contributed by atoms with E-state index in [1.54, 1.807) is 11.2 Å².